The molecule has 0 saturated heterocycles. The molecule has 0 unspecified atom stereocenters. The van der Waals surface area contributed by atoms with Crippen LogP contribution in [-0.4, -0.2) is 39.6 Å². The van der Waals surface area contributed by atoms with E-state index in [4.69, 9.17) is 4.74 Å². The summed E-state index contributed by atoms with van der Waals surface area (Å²) in [5.41, 5.74) is 0.889. The largest absolute Gasteiger partial charge is 0.497 e. The number of nitrogens with zero attached hydrogens (tertiary/aromatic N) is 3. The zero-order valence-corrected chi connectivity index (χ0v) is 12.1. The summed E-state index contributed by atoms with van der Waals surface area (Å²) in [4.78, 5) is 4.21. The molecule has 0 aliphatic carbocycles. The lowest BCUT2D eigenvalue weighted by molar-refractivity contribution is 0.165. The summed E-state index contributed by atoms with van der Waals surface area (Å²) in [5.74, 6) is 1.84. The molecule has 0 spiro atoms. The number of ether oxygens (including phenoxy) is 1. The van der Waals surface area contributed by atoms with Gasteiger partial charge in [0.2, 0.25) is 0 Å². The molecule has 2 heterocycles. The van der Waals surface area contributed by atoms with Crippen LogP contribution >= 0.6 is 0 Å². The normalized spacial score (nSPS) is 19.0. The zero-order chi connectivity index (χ0) is 14.7. The second-order valence-electron chi connectivity index (χ2n) is 5.29. The van der Waals surface area contributed by atoms with Gasteiger partial charge in [-0.2, -0.15) is 5.10 Å². The second-order valence-corrected chi connectivity index (χ2v) is 5.29. The van der Waals surface area contributed by atoms with Gasteiger partial charge in [-0.25, -0.2) is 9.67 Å². The van der Waals surface area contributed by atoms with Gasteiger partial charge in [-0.15, -0.1) is 0 Å². The van der Waals surface area contributed by atoms with E-state index in [1.807, 2.05) is 28.9 Å². The van der Waals surface area contributed by atoms with E-state index in [0.29, 0.717) is 12.6 Å². The third-order valence-corrected chi connectivity index (χ3v) is 3.91. The van der Waals surface area contributed by atoms with Gasteiger partial charge in [-0.05, 0) is 24.1 Å². The van der Waals surface area contributed by atoms with Gasteiger partial charge >= 0.3 is 0 Å². The number of aryl methyl sites for hydroxylation is 1. The first-order valence-corrected chi connectivity index (χ1v) is 7.18. The molecule has 21 heavy (non-hydrogen) atoms. The molecule has 0 saturated carbocycles. The summed E-state index contributed by atoms with van der Waals surface area (Å²) in [7, 11) is 1.63. The van der Waals surface area contributed by atoms with Crippen molar-refractivity contribution in [1.82, 2.24) is 20.1 Å². The first kappa shape index (κ1) is 14.0. The average molecular weight is 288 g/mol. The Labute approximate surface area is 123 Å². The van der Waals surface area contributed by atoms with Crippen molar-refractivity contribution < 1.29 is 9.84 Å². The van der Waals surface area contributed by atoms with E-state index in [9.17, 15) is 5.11 Å². The van der Waals surface area contributed by atoms with Gasteiger partial charge in [-0.1, -0.05) is 12.1 Å². The van der Waals surface area contributed by atoms with Crippen LogP contribution in [0.4, 0.5) is 0 Å². The summed E-state index contributed by atoms with van der Waals surface area (Å²) in [6, 6.07) is 7.83. The number of aliphatic hydroxyl groups is 1. The maximum atomic E-state index is 10.2. The van der Waals surface area contributed by atoms with Crippen molar-refractivity contribution in [2.75, 3.05) is 13.7 Å². The fourth-order valence-electron chi connectivity index (χ4n) is 2.63. The lowest BCUT2D eigenvalue weighted by Gasteiger charge is -2.25. The number of hydrogen-bond donors (Lipinski definition) is 2. The molecule has 2 atom stereocenters. The van der Waals surface area contributed by atoms with Gasteiger partial charge in [0.1, 0.15) is 17.9 Å². The molecule has 1 aliphatic heterocycles. The van der Waals surface area contributed by atoms with Crippen molar-refractivity contribution in [3.8, 4) is 5.75 Å². The van der Waals surface area contributed by atoms with Crippen molar-refractivity contribution >= 4 is 0 Å². The Kier molecular flexibility index (Phi) is 4.17. The van der Waals surface area contributed by atoms with Crippen LogP contribution in [-0.2, 0) is 13.0 Å². The first-order chi connectivity index (χ1) is 10.3. The van der Waals surface area contributed by atoms with E-state index in [0.717, 1.165) is 36.5 Å². The summed E-state index contributed by atoms with van der Waals surface area (Å²) >= 11 is 0. The van der Waals surface area contributed by atoms with Gasteiger partial charge in [0, 0.05) is 19.0 Å². The highest BCUT2D eigenvalue weighted by Gasteiger charge is 2.20. The fraction of sp³-hybridized carbons (Fsp3) is 0.467. The number of benzene rings is 1. The van der Waals surface area contributed by atoms with E-state index in [1.54, 1.807) is 13.4 Å². The lowest BCUT2D eigenvalue weighted by atomic mass is 10.1. The SMILES string of the molecule is COc1ccc([C@@H](O)CN[C@H]2CCc3ncnn3C2)cc1. The van der Waals surface area contributed by atoms with Gasteiger partial charge in [0.15, 0.2) is 0 Å². The standard InChI is InChI=1S/C15H20N4O2/c1-21-13-5-2-11(3-6-13)14(20)8-16-12-4-7-15-17-10-18-19(15)9-12/h2-3,5-6,10,12,14,16,20H,4,7-9H2,1H3/t12-,14-/m0/s1. The van der Waals surface area contributed by atoms with Crippen LogP contribution in [0.3, 0.4) is 0 Å². The summed E-state index contributed by atoms with van der Waals surface area (Å²) < 4.78 is 7.05. The van der Waals surface area contributed by atoms with Crippen molar-refractivity contribution in [3.63, 3.8) is 0 Å². The van der Waals surface area contributed by atoms with Crippen molar-refractivity contribution in [2.24, 2.45) is 0 Å². The number of aromatic nitrogens is 3. The Balaban J connectivity index is 1.53. The lowest BCUT2D eigenvalue weighted by Crippen LogP contribution is -2.39. The number of methoxy groups -OCH3 is 1. The van der Waals surface area contributed by atoms with Gasteiger partial charge in [-0.3, -0.25) is 0 Å². The molecule has 1 aromatic carbocycles. The number of fused-ring (bicyclic) bond motifs is 1. The van der Waals surface area contributed by atoms with Gasteiger partial charge < -0.3 is 15.2 Å². The molecule has 2 N–H and O–H groups in total. The fourth-order valence-corrected chi connectivity index (χ4v) is 2.63. The van der Waals surface area contributed by atoms with Crippen LogP contribution in [0.5, 0.6) is 5.75 Å². The quantitative estimate of drug-likeness (QED) is 0.856. The predicted octanol–water partition coefficient (Wildman–Crippen LogP) is 0.925. The summed E-state index contributed by atoms with van der Waals surface area (Å²) in [5, 5.41) is 17.8. The molecular weight excluding hydrogens is 268 g/mol. The van der Waals surface area contributed by atoms with Crippen molar-refractivity contribution in [2.45, 2.75) is 31.5 Å². The molecule has 1 aliphatic rings. The highest BCUT2D eigenvalue weighted by Crippen LogP contribution is 2.18. The Morgan fingerprint density at radius 1 is 1.43 bits per heavy atom. The molecule has 0 bridgehead atoms. The topological polar surface area (TPSA) is 72.2 Å². The third kappa shape index (κ3) is 3.22. The first-order valence-electron chi connectivity index (χ1n) is 7.18. The minimum atomic E-state index is -0.520. The molecule has 1 aromatic heterocycles. The average Bonchev–Trinajstić information content (AvgIpc) is 3.00. The smallest absolute Gasteiger partial charge is 0.138 e. The van der Waals surface area contributed by atoms with Crippen LogP contribution in [0.25, 0.3) is 0 Å². The van der Waals surface area contributed by atoms with Crippen LogP contribution in [0.15, 0.2) is 30.6 Å². The maximum Gasteiger partial charge on any atom is 0.138 e. The van der Waals surface area contributed by atoms with Crippen molar-refractivity contribution in [1.29, 1.82) is 0 Å². The highest BCUT2D eigenvalue weighted by atomic mass is 16.5. The van der Waals surface area contributed by atoms with E-state index in [-0.39, 0.29) is 0 Å². The number of nitrogens with one attached hydrogen (secondary N) is 1. The minimum absolute atomic E-state index is 0.326. The molecule has 2 aromatic rings. The maximum absolute atomic E-state index is 10.2. The van der Waals surface area contributed by atoms with E-state index < -0.39 is 6.10 Å². The second kappa shape index (κ2) is 6.24. The Bertz CT molecular complexity index is 582. The molecule has 0 amide bonds. The summed E-state index contributed by atoms with van der Waals surface area (Å²) in [6.45, 7) is 1.34. The molecule has 6 heteroatoms. The van der Waals surface area contributed by atoms with E-state index in [1.165, 1.54) is 0 Å². The Morgan fingerprint density at radius 3 is 3.00 bits per heavy atom. The molecule has 0 fully saturated rings. The molecule has 112 valence electrons. The Morgan fingerprint density at radius 2 is 2.24 bits per heavy atom. The minimum Gasteiger partial charge on any atom is -0.497 e. The zero-order valence-electron chi connectivity index (χ0n) is 12.1. The molecule has 3 rings (SSSR count). The van der Waals surface area contributed by atoms with Crippen LogP contribution in [0.1, 0.15) is 23.9 Å². The number of aliphatic hydroxyl groups excluding tert-OH is 1. The summed E-state index contributed by atoms with van der Waals surface area (Å²) in [6.07, 6.45) is 3.03. The number of hydrogen-bond acceptors (Lipinski definition) is 5. The monoisotopic (exact) mass is 288 g/mol. The van der Waals surface area contributed by atoms with Gasteiger partial charge in [0.05, 0.1) is 19.8 Å². The van der Waals surface area contributed by atoms with Crippen LogP contribution < -0.4 is 10.1 Å². The molecular formula is C15H20N4O2. The highest BCUT2D eigenvalue weighted by molar-refractivity contribution is 5.28. The van der Waals surface area contributed by atoms with E-state index >= 15 is 0 Å². The van der Waals surface area contributed by atoms with Crippen LogP contribution in [0.2, 0.25) is 0 Å². The molecule has 0 radical (unpaired) electrons. The van der Waals surface area contributed by atoms with Crippen LogP contribution in [0, 0.1) is 0 Å². The molecule has 6 nitrogen and oxygen atoms in total. The third-order valence-electron chi connectivity index (χ3n) is 3.91. The van der Waals surface area contributed by atoms with Crippen molar-refractivity contribution in [3.05, 3.63) is 42.0 Å². The van der Waals surface area contributed by atoms with E-state index in [2.05, 4.69) is 15.4 Å². The Hall–Kier alpha value is -1.92. The predicted molar refractivity (Wildman–Crippen MR) is 78.1 cm³/mol. The number of rotatable bonds is 5. The van der Waals surface area contributed by atoms with Gasteiger partial charge in [0.25, 0.3) is 0 Å².